The summed E-state index contributed by atoms with van der Waals surface area (Å²) < 4.78 is 6.20. The molecule has 0 unspecified atom stereocenters. The number of hydrogen-bond acceptors (Lipinski definition) is 1. The molecule has 2 heteroatoms. The molecule has 0 aromatic rings. The first-order chi connectivity index (χ1) is 4.75. The van der Waals surface area contributed by atoms with Crippen molar-refractivity contribution in [2.24, 2.45) is 5.92 Å². The largest absolute Gasteiger partial charge is 0.381 e. The summed E-state index contributed by atoms with van der Waals surface area (Å²) in [7, 11) is 1.83. The minimum atomic E-state index is 0.524. The van der Waals surface area contributed by atoms with E-state index in [-0.39, 0.29) is 0 Å². The predicted octanol–water partition coefficient (Wildman–Crippen LogP) is 2.63. The van der Waals surface area contributed by atoms with Crippen LogP contribution in [0.4, 0.5) is 0 Å². The Bertz CT molecular complexity index is 105. The fraction of sp³-hybridized carbons (Fsp3) is 1.00. The van der Waals surface area contributed by atoms with Crippen molar-refractivity contribution in [2.75, 3.05) is 7.11 Å². The summed E-state index contributed by atoms with van der Waals surface area (Å²) >= 11 is 2.54. The molecule has 0 radical (unpaired) electrons. The molecule has 0 aromatic carbocycles. The van der Waals surface area contributed by atoms with Crippen LogP contribution in [0.5, 0.6) is 0 Å². The third-order valence-corrected chi connectivity index (χ3v) is 4.19. The van der Waals surface area contributed by atoms with E-state index in [1.165, 1.54) is 19.3 Å². The highest BCUT2D eigenvalue weighted by Crippen LogP contribution is 2.31. The molecule has 0 aromatic heterocycles. The zero-order chi connectivity index (χ0) is 7.56. The molecular weight excluding hydrogens is 239 g/mol. The van der Waals surface area contributed by atoms with E-state index in [1.54, 1.807) is 0 Å². The van der Waals surface area contributed by atoms with Gasteiger partial charge in [-0.3, -0.25) is 0 Å². The number of hydrogen-bond donors (Lipinski definition) is 0. The van der Waals surface area contributed by atoms with Gasteiger partial charge in [-0.25, -0.2) is 0 Å². The molecule has 1 nitrogen and oxygen atoms in total. The standard InChI is InChI=1S/C8H15IO/c1-6-7(9)4-3-5-8(6)10-2/h6-8H,3-5H2,1-2H3/t6-,7-,8-/m1/s1. The topological polar surface area (TPSA) is 9.23 Å². The Morgan fingerprint density at radius 1 is 1.40 bits per heavy atom. The van der Waals surface area contributed by atoms with Crippen LogP contribution in [-0.2, 0) is 4.74 Å². The van der Waals surface area contributed by atoms with Crippen LogP contribution >= 0.6 is 22.6 Å². The summed E-state index contributed by atoms with van der Waals surface area (Å²) in [4.78, 5) is 0. The molecule has 0 N–H and O–H groups in total. The molecule has 10 heavy (non-hydrogen) atoms. The third-order valence-electron chi connectivity index (χ3n) is 2.43. The molecule has 0 amide bonds. The lowest BCUT2D eigenvalue weighted by molar-refractivity contribution is 0.0361. The smallest absolute Gasteiger partial charge is 0.0606 e. The van der Waals surface area contributed by atoms with Gasteiger partial charge in [0.2, 0.25) is 0 Å². The number of ether oxygens (including phenoxy) is 1. The zero-order valence-electron chi connectivity index (χ0n) is 6.64. The highest BCUT2D eigenvalue weighted by Gasteiger charge is 2.27. The first kappa shape index (κ1) is 8.78. The fourth-order valence-electron chi connectivity index (χ4n) is 1.61. The second-order valence-corrected chi connectivity index (χ2v) is 4.68. The Kier molecular flexibility index (Phi) is 3.43. The number of rotatable bonds is 1. The molecule has 0 bridgehead atoms. The minimum absolute atomic E-state index is 0.524. The minimum Gasteiger partial charge on any atom is -0.381 e. The Balaban J connectivity index is 2.42. The average molecular weight is 254 g/mol. The van der Waals surface area contributed by atoms with Crippen molar-refractivity contribution in [2.45, 2.75) is 36.2 Å². The van der Waals surface area contributed by atoms with Crippen molar-refractivity contribution in [3.63, 3.8) is 0 Å². The molecule has 60 valence electrons. The number of alkyl halides is 1. The quantitative estimate of drug-likeness (QED) is 0.516. The van der Waals surface area contributed by atoms with Crippen molar-refractivity contribution >= 4 is 22.6 Å². The zero-order valence-corrected chi connectivity index (χ0v) is 8.80. The normalized spacial score (nSPS) is 41.7. The summed E-state index contributed by atoms with van der Waals surface area (Å²) in [6.07, 6.45) is 4.51. The van der Waals surface area contributed by atoms with E-state index in [4.69, 9.17) is 4.74 Å². The van der Waals surface area contributed by atoms with Gasteiger partial charge in [0, 0.05) is 11.0 Å². The molecule has 1 aliphatic rings. The maximum atomic E-state index is 5.37. The van der Waals surface area contributed by atoms with Crippen LogP contribution in [-0.4, -0.2) is 17.1 Å². The SMILES string of the molecule is CO[C@@H]1CCC[C@@H](I)[C@H]1C. The van der Waals surface area contributed by atoms with Gasteiger partial charge < -0.3 is 4.74 Å². The second kappa shape index (κ2) is 3.90. The highest BCUT2D eigenvalue weighted by molar-refractivity contribution is 14.1. The Labute approximate surface area is 76.7 Å². The average Bonchev–Trinajstić information content (AvgIpc) is 1.95. The van der Waals surface area contributed by atoms with Gasteiger partial charge in [-0.1, -0.05) is 29.5 Å². The van der Waals surface area contributed by atoms with Gasteiger partial charge in [-0.2, -0.15) is 0 Å². The molecule has 1 saturated carbocycles. The first-order valence-corrected chi connectivity index (χ1v) is 5.17. The van der Waals surface area contributed by atoms with Crippen LogP contribution in [0.25, 0.3) is 0 Å². The number of halogens is 1. The van der Waals surface area contributed by atoms with Crippen LogP contribution in [0.2, 0.25) is 0 Å². The van der Waals surface area contributed by atoms with Gasteiger partial charge in [-0.05, 0) is 25.2 Å². The van der Waals surface area contributed by atoms with E-state index in [2.05, 4.69) is 29.5 Å². The first-order valence-electron chi connectivity index (χ1n) is 3.92. The molecule has 0 saturated heterocycles. The van der Waals surface area contributed by atoms with Gasteiger partial charge in [0.15, 0.2) is 0 Å². The predicted molar refractivity (Wildman–Crippen MR) is 51.6 cm³/mol. The molecule has 1 aliphatic carbocycles. The summed E-state index contributed by atoms with van der Waals surface area (Å²) in [5.74, 6) is 0.749. The van der Waals surface area contributed by atoms with Crippen molar-refractivity contribution in [3.05, 3.63) is 0 Å². The van der Waals surface area contributed by atoms with Crippen molar-refractivity contribution in [1.82, 2.24) is 0 Å². The van der Waals surface area contributed by atoms with E-state index in [0.29, 0.717) is 6.10 Å². The summed E-state index contributed by atoms with van der Waals surface area (Å²) in [6.45, 7) is 2.30. The molecular formula is C8H15IO. The molecule has 1 rings (SSSR count). The van der Waals surface area contributed by atoms with Gasteiger partial charge in [0.25, 0.3) is 0 Å². The van der Waals surface area contributed by atoms with Crippen LogP contribution in [0.15, 0.2) is 0 Å². The maximum Gasteiger partial charge on any atom is 0.0606 e. The lowest BCUT2D eigenvalue weighted by Crippen LogP contribution is -2.31. The van der Waals surface area contributed by atoms with Crippen molar-refractivity contribution in [3.8, 4) is 0 Å². The fourth-order valence-corrected chi connectivity index (χ4v) is 2.51. The Morgan fingerprint density at radius 3 is 2.60 bits per heavy atom. The Morgan fingerprint density at radius 2 is 2.10 bits per heavy atom. The third kappa shape index (κ3) is 1.84. The summed E-state index contributed by atoms with van der Waals surface area (Å²) in [5, 5.41) is 0. The molecule has 0 aliphatic heterocycles. The lowest BCUT2D eigenvalue weighted by atomic mass is 9.88. The summed E-state index contributed by atoms with van der Waals surface area (Å²) in [5.41, 5.74) is 0. The molecule has 0 spiro atoms. The van der Waals surface area contributed by atoms with Crippen LogP contribution in [0, 0.1) is 5.92 Å². The van der Waals surface area contributed by atoms with Crippen LogP contribution in [0.1, 0.15) is 26.2 Å². The van der Waals surface area contributed by atoms with E-state index in [0.717, 1.165) is 9.84 Å². The lowest BCUT2D eigenvalue weighted by Gasteiger charge is -2.31. The Hall–Kier alpha value is 0.690. The molecule has 1 fully saturated rings. The monoisotopic (exact) mass is 254 g/mol. The van der Waals surface area contributed by atoms with Crippen molar-refractivity contribution in [1.29, 1.82) is 0 Å². The van der Waals surface area contributed by atoms with E-state index in [9.17, 15) is 0 Å². The van der Waals surface area contributed by atoms with Gasteiger partial charge in [0.1, 0.15) is 0 Å². The van der Waals surface area contributed by atoms with Crippen LogP contribution < -0.4 is 0 Å². The van der Waals surface area contributed by atoms with Crippen LogP contribution in [0.3, 0.4) is 0 Å². The van der Waals surface area contributed by atoms with Gasteiger partial charge >= 0.3 is 0 Å². The second-order valence-electron chi connectivity index (χ2n) is 3.08. The number of methoxy groups -OCH3 is 1. The van der Waals surface area contributed by atoms with E-state index in [1.807, 2.05) is 7.11 Å². The molecule has 0 heterocycles. The molecule has 3 atom stereocenters. The van der Waals surface area contributed by atoms with Gasteiger partial charge in [0.05, 0.1) is 6.10 Å². The highest BCUT2D eigenvalue weighted by atomic mass is 127. The maximum absolute atomic E-state index is 5.37. The van der Waals surface area contributed by atoms with Crippen molar-refractivity contribution < 1.29 is 4.74 Å². The van der Waals surface area contributed by atoms with E-state index >= 15 is 0 Å². The van der Waals surface area contributed by atoms with Gasteiger partial charge in [-0.15, -0.1) is 0 Å². The van der Waals surface area contributed by atoms with E-state index < -0.39 is 0 Å². The summed E-state index contributed by atoms with van der Waals surface area (Å²) in [6, 6.07) is 0.